The van der Waals surface area contributed by atoms with Crippen molar-refractivity contribution in [1.82, 2.24) is 0 Å². The van der Waals surface area contributed by atoms with Gasteiger partial charge >= 0.3 is 0 Å². The summed E-state index contributed by atoms with van der Waals surface area (Å²) in [5.41, 5.74) is 2.28. The highest BCUT2D eigenvalue weighted by Gasteiger charge is 2.00. The SMILES string of the molecule is Cc1cccc(C)c1OC/C=C/CO. The molecule has 1 rings (SSSR count). The van der Waals surface area contributed by atoms with Gasteiger partial charge in [-0.1, -0.05) is 24.3 Å². The van der Waals surface area contributed by atoms with Crippen molar-refractivity contribution in [2.45, 2.75) is 13.8 Å². The van der Waals surface area contributed by atoms with Gasteiger partial charge in [-0.05, 0) is 31.1 Å². The molecule has 0 aliphatic rings. The van der Waals surface area contributed by atoms with Crippen molar-refractivity contribution in [1.29, 1.82) is 0 Å². The van der Waals surface area contributed by atoms with Crippen LogP contribution >= 0.6 is 0 Å². The van der Waals surface area contributed by atoms with Crippen molar-refractivity contribution in [2.75, 3.05) is 13.2 Å². The Morgan fingerprint density at radius 3 is 2.43 bits per heavy atom. The predicted molar refractivity (Wildman–Crippen MR) is 57.6 cm³/mol. The second-order valence-corrected chi connectivity index (χ2v) is 3.19. The number of ether oxygens (including phenoxy) is 1. The molecule has 0 radical (unpaired) electrons. The summed E-state index contributed by atoms with van der Waals surface area (Å²) >= 11 is 0. The molecule has 14 heavy (non-hydrogen) atoms. The Kier molecular flexibility index (Phi) is 4.20. The van der Waals surface area contributed by atoms with Gasteiger partial charge in [0.05, 0.1) is 6.61 Å². The summed E-state index contributed by atoms with van der Waals surface area (Å²) in [6, 6.07) is 6.07. The van der Waals surface area contributed by atoms with E-state index in [9.17, 15) is 0 Å². The van der Waals surface area contributed by atoms with E-state index in [4.69, 9.17) is 9.84 Å². The summed E-state index contributed by atoms with van der Waals surface area (Å²) < 4.78 is 5.57. The maximum absolute atomic E-state index is 8.53. The van der Waals surface area contributed by atoms with Crippen molar-refractivity contribution in [2.24, 2.45) is 0 Å². The largest absolute Gasteiger partial charge is 0.489 e. The van der Waals surface area contributed by atoms with Crippen LogP contribution in [-0.2, 0) is 0 Å². The summed E-state index contributed by atoms with van der Waals surface area (Å²) in [5.74, 6) is 0.940. The Balaban J connectivity index is 2.62. The van der Waals surface area contributed by atoms with E-state index in [-0.39, 0.29) is 6.61 Å². The molecule has 0 bridgehead atoms. The highest BCUT2D eigenvalue weighted by Crippen LogP contribution is 2.21. The standard InChI is InChI=1S/C12H16O2/c1-10-6-5-7-11(2)12(10)14-9-4-3-8-13/h3-7,13H,8-9H2,1-2H3/b4-3+. The van der Waals surface area contributed by atoms with Gasteiger partial charge in [0.15, 0.2) is 0 Å². The first-order chi connectivity index (χ1) is 6.75. The number of benzene rings is 1. The zero-order valence-electron chi connectivity index (χ0n) is 8.66. The molecule has 0 spiro atoms. The molecule has 0 saturated carbocycles. The molecule has 1 N–H and O–H groups in total. The van der Waals surface area contributed by atoms with E-state index in [2.05, 4.69) is 0 Å². The topological polar surface area (TPSA) is 29.5 Å². The van der Waals surface area contributed by atoms with E-state index in [1.807, 2.05) is 38.1 Å². The first-order valence-corrected chi connectivity index (χ1v) is 4.70. The molecule has 1 aromatic carbocycles. The fourth-order valence-corrected chi connectivity index (χ4v) is 1.30. The van der Waals surface area contributed by atoms with Crippen LogP contribution in [0, 0.1) is 13.8 Å². The van der Waals surface area contributed by atoms with Crippen molar-refractivity contribution < 1.29 is 9.84 Å². The Morgan fingerprint density at radius 1 is 1.21 bits per heavy atom. The molecule has 0 fully saturated rings. The van der Waals surface area contributed by atoms with Crippen LogP contribution in [0.2, 0.25) is 0 Å². The number of hydrogen-bond acceptors (Lipinski definition) is 2. The Hall–Kier alpha value is -1.28. The second kappa shape index (κ2) is 5.45. The molecule has 0 heterocycles. The van der Waals surface area contributed by atoms with Crippen LogP contribution in [-0.4, -0.2) is 18.3 Å². The van der Waals surface area contributed by atoms with Crippen LogP contribution in [0.25, 0.3) is 0 Å². The lowest BCUT2D eigenvalue weighted by molar-refractivity contribution is 0.335. The van der Waals surface area contributed by atoms with E-state index in [0.717, 1.165) is 16.9 Å². The summed E-state index contributed by atoms with van der Waals surface area (Å²) in [5, 5.41) is 8.53. The van der Waals surface area contributed by atoms with Gasteiger partial charge in [-0.25, -0.2) is 0 Å². The molecule has 1 aromatic rings. The first-order valence-electron chi connectivity index (χ1n) is 4.70. The monoisotopic (exact) mass is 192 g/mol. The van der Waals surface area contributed by atoms with Crippen LogP contribution < -0.4 is 4.74 Å². The van der Waals surface area contributed by atoms with Gasteiger partial charge in [0, 0.05) is 0 Å². The van der Waals surface area contributed by atoms with Gasteiger partial charge in [-0.2, -0.15) is 0 Å². The van der Waals surface area contributed by atoms with Gasteiger partial charge in [0.25, 0.3) is 0 Å². The fraction of sp³-hybridized carbons (Fsp3) is 0.333. The van der Waals surface area contributed by atoms with Crippen molar-refractivity contribution in [3.8, 4) is 5.75 Å². The Labute approximate surface area is 84.8 Å². The highest BCUT2D eigenvalue weighted by atomic mass is 16.5. The molecule has 0 aliphatic heterocycles. The third-order valence-corrected chi connectivity index (χ3v) is 2.00. The van der Waals surface area contributed by atoms with Crippen LogP contribution in [0.15, 0.2) is 30.4 Å². The maximum atomic E-state index is 8.53. The van der Waals surface area contributed by atoms with Gasteiger partial charge in [-0.3, -0.25) is 0 Å². The summed E-state index contributed by atoms with van der Waals surface area (Å²) in [6.07, 6.45) is 3.49. The number of rotatable bonds is 4. The molecular weight excluding hydrogens is 176 g/mol. The normalized spacial score (nSPS) is 10.8. The zero-order chi connectivity index (χ0) is 10.4. The zero-order valence-corrected chi connectivity index (χ0v) is 8.66. The average Bonchev–Trinajstić information content (AvgIpc) is 2.16. The van der Waals surface area contributed by atoms with Gasteiger partial charge < -0.3 is 9.84 Å². The predicted octanol–water partition coefficient (Wildman–Crippen LogP) is 2.23. The van der Waals surface area contributed by atoms with E-state index in [1.54, 1.807) is 6.08 Å². The first kappa shape index (κ1) is 10.8. The summed E-state index contributed by atoms with van der Waals surface area (Å²) in [4.78, 5) is 0. The third-order valence-electron chi connectivity index (χ3n) is 2.00. The molecule has 0 amide bonds. The van der Waals surface area contributed by atoms with E-state index in [1.165, 1.54) is 0 Å². The minimum absolute atomic E-state index is 0.0656. The molecular formula is C12H16O2. The smallest absolute Gasteiger partial charge is 0.125 e. The molecule has 2 heteroatoms. The molecule has 0 aliphatic carbocycles. The lowest BCUT2D eigenvalue weighted by Crippen LogP contribution is -1.97. The van der Waals surface area contributed by atoms with Gasteiger partial charge in [0.1, 0.15) is 12.4 Å². The van der Waals surface area contributed by atoms with Crippen LogP contribution in [0.3, 0.4) is 0 Å². The number of hydrogen-bond donors (Lipinski definition) is 1. The Bertz CT molecular complexity index is 296. The van der Waals surface area contributed by atoms with Gasteiger partial charge in [-0.15, -0.1) is 0 Å². The molecule has 0 unspecified atom stereocenters. The minimum Gasteiger partial charge on any atom is -0.489 e. The highest BCUT2D eigenvalue weighted by molar-refractivity contribution is 5.39. The second-order valence-electron chi connectivity index (χ2n) is 3.19. The molecule has 0 aromatic heterocycles. The maximum Gasteiger partial charge on any atom is 0.125 e. The summed E-state index contributed by atoms with van der Waals surface area (Å²) in [7, 11) is 0. The minimum atomic E-state index is 0.0656. The van der Waals surface area contributed by atoms with Gasteiger partial charge in [0.2, 0.25) is 0 Å². The van der Waals surface area contributed by atoms with Crippen LogP contribution in [0.5, 0.6) is 5.75 Å². The number of para-hydroxylation sites is 1. The molecule has 0 atom stereocenters. The van der Waals surface area contributed by atoms with Crippen molar-refractivity contribution in [3.05, 3.63) is 41.5 Å². The third kappa shape index (κ3) is 2.89. The average molecular weight is 192 g/mol. The quantitative estimate of drug-likeness (QED) is 0.741. The Morgan fingerprint density at radius 2 is 1.86 bits per heavy atom. The molecule has 76 valence electrons. The fourth-order valence-electron chi connectivity index (χ4n) is 1.30. The van der Waals surface area contributed by atoms with E-state index >= 15 is 0 Å². The van der Waals surface area contributed by atoms with Crippen LogP contribution in [0.1, 0.15) is 11.1 Å². The number of aryl methyl sites for hydroxylation is 2. The lowest BCUT2D eigenvalue weighted by atomic mass is 10.1. The summed E-state index contributed by atoms with van der Waals surface area (Å²) in [6.45, 7) is 4.62. The number of aliphatic hydroxyl groups excluding tert-OH is 1. The van der Waals surface area contributed by atoms with Crippen molar-refractivity contribution in [3.63, 3.8) is 0 Å². The lowest BCUT2D eigenvalue weighted by Gasteiger charge is -2.09. The molecule has 2 nitrogen and oxygen atoms in total. The van der Waals surface area contributed by atoms with E-state index in [0.29, 0.717) is 6.61 Å². The molecule has 0 saturated heterocycles. The van der Waals surface area contributed by atoms with Crippen molar-refractivity contribution >= 4 is 0 Å². The number of aliphatic hydroxyl groups is 1. The van der Waals surface area contributed by atoms with E-state index < -0.39 is 0 Å². The van der Waals surface area contributed by atoms with Crippen LogP contribution in [0.4, 0.5) is 0 Å².